The number of aromatic nitrogens is 1. The molecule has 170 valence electrons. The number of carbonyl (C=O) groups excluding carboxylic acids is 2. The van der Waals surface area contributed by atoms with Gasteiger partial charge in [0.2, 0.25) is 5.91 Å². The summed E-state index contributed by atoms with van der Waals surface area (Å²) in [7, 11) is 2.17. The summed E-state index contributed by atoms with van der Waals surface area (Å²) in [6.07, 6.45) is 2.49. The molecule has 2 aliphatic heterocycles. The normalized spacial score (nSPS) is 19.2. The molecule has 0 atom stereocenters. The van der Waals surface area contributed by atoms with Crippen LogP contribution in [0.1, 0.15) is 36.7 Å². The number of likely N-dealkylation sites (tertiary alicyclic amines) is 1. The average Bonchev–Trinajstić information content (AvgIpc) is 3.38. The van der Waals surface area contributed by atoms with E-state index in [1.165, 1.54) is 0 Å². The maximum absolute atomic E-state index is 13.1. The molecule has 2 saturated heterocycles. The van der Waals surface area contributed by atoms with Crippen molar-refractivity contribution in [3.05, 3.63) is 23.2 Å². The van der Waals surface area contributed by atoms with Crippen molar-refractivity contribution in [3.8, 4) is 0 Å². The molecule has 0 radical (unpaired) electrons. The molecule has 2 aliphatic rings. The van der Waals surface area contributed by atoms with Gasteiger partial charge in [0.25, 0.3) is 5.91 Å². The van der Waals surface area contributed by atoms with Crippen LogP contribution in [0.4, 0.5) is 0 Å². The van der Waals surface area contributed by atoms with E-state index in [4.69, 9.17) is 0 Å². The summed E-state index contributed by atoms with van der Waals surface area (Å²) in [6, 6.07) is 4.10. The van der Waals surface area contributed by atoms with Gasteiger partial charge >= 0.3 is 0 Å². The topological polar surface area (TPSA) is 60.8 Å². The van der Waals surface area contributed by atoms with Crippen molar-refractivity contribution < 1.29 is 9.59 Å². The summed E-state index contributed by atoms with van der Waals surface area (Å²) in [5.41, 5.74) is 1.91. The molecule has 2 fully saturated rings. The zero-order valence-corrected chi connectivity index (χ0v) is 19.6. The van der Waals surface area contributed by atoms with E-state index in [2.05, 4.69) is 45.1 Å². The first kappa shape index (κ1) is 22.3. The Balaban J connectivity index is 1.20. The second-order valence-electron chi connectivity index (χ2n) is 8.80. The molecule has 0 unspecified atom stereocenters. The lowest BCUT2D eigenvalue weighted by Crippen LogP contribution is -2.45. The number of aryl methyl sites for hydroxylation is 1. The number of piperazine rings is 1. The predicted octanol–water partition coefficient (Wildman–Crippen LogP) is 2.33. The third-order valence-corrected chi connectivity index (χ3v) is 7.61. The number of likely N-dealkylation sites (N-methyl/N-ethyl adjacent to an activating group) is 1. The van der Waals surface area contributed by atoms with E-state index in [1.807, 2.05) is 11.0 Å². The molecule has 2 amide bonds. The van der Waals surface area contributed by atoms with Crippen LogP contribution < -0.4 is 5.32 Å². The van der Waals surface area contributed by atoms with Gasteiger partial charge in [0.05, 0.1) is 10.2 Å². The number of carbonyl (C=O) groups is 2. The van der Waals surface area contributed by atoms with Crippen molar-refractivity contribution in [3.63, 3.8) is 0 Å². The molecule has 4 rings (SSSR count). The van der Waals surface area contributed by atoms with Gasteiger partial charge in [-0.1, -0.05) is 0 Å². The number of rotatable bonds is 7. The Morgan fingerprint density at radius 1 is 1.13 bits per heavy atom. The van der Waals surface area contributed by atoms with Crippen molar-refractivity contribution in [2.75, 3.05) is 59.4 Å². The van der Waals surface area contributed by atoms with Crippen LogP contribution in [0.15, 0.2) is 17.5 Å². The van der Waals surface area contributed by atoms with Gasteiger partial charge in [-0.25, -0.2) is 0 Å². The van der Waals surface area contributed by atoms with Crippen molar-refractivity contribution in [2.45, 2.75) is 32.7 Å². The van der Waals surface area contributed by atoms with Crippen LogP contribution in [0.25, 0.3) is 10.2 Å². The lowest BCUT2D eigenvalue weighted by Gasteiger charge is -2.32. The fourth-order valence-electron chi connectivity index (χ4n) is 4.73. The van der Waals surface area contributed by atoms with Crippen LogP contribution in [-0.2, 0) is 11.3 Å². The Morgan fingerprint density at radius 3 is 2.58 bits per heavy atom. The zero-order valence-electron chi connectivity index (χ0n) is 18.8. The first-order valence-electron chi connectivity index (χ1n) is 11.6. The molecule has 1 N–H and O–H groups in total. The summed E-state index contributed by atoms with van der Waals surface area (Å²) in [4.78, 5) is 32.4. The maximum atomic E-state index is 13.1. The van der Waals surface area contributed by atoms with E-state index >= 15 is 0 Å². The Morgan fingerprint density at radius 2 is 1.87 bits per heavy atom. The highest BCUT2D eigenvalue weighted by Crippen LogP contribution is 2.27. The van der Waals surface area contributed by atoms with Gasteiger partial charge in [-0.15, -0.1) is 11.3 Å². The number of nitrogens with one attached hydrogen (secondary N) is 1. The van der Waals surface area contributed by atoms with Crippen LogP contribution >= 0.6 is 11.3 Å². The van der Waals surface area contributed by atoms with E-state index in [9.17, 15) is 9.59 Å². The highest BCUT2D eigenvalue weighted by Gasteiger charge is 2.29. The van der Waals surface area contributed by atoms with Crippen molar-refractivity contribution in [1.29, 1.82) is 0 Å². The SMILES string of the molecule is CCn1c(C(=O)N2CCC(C(=O)NCCCN3CCN(C)CC3)CC2)cc2sccc21. The standard InChI is InChI=1S/C23H35N5O2S/c1-3-28-19-7-16-31-21(19)17-20(28)23(30)27-10-5-18(6-11-27)22(29)24-8-4-9-26-14-12-25(2)13-15-26/h7,16-18H,3-6,8-15H2,1-2H3,(H,24,29). The number of fused-ring (bicyclic) bond motifs is 1. The molecule has 0 saturated carbocycles. The van der Waals surface area contributed by atoms with Gasteiger partial charge < -0.3 is 24.6 Å². The smallest absolute Gasteiger partial charge is 0.270 e. The molecular weight excluding hydrogens is 410 g/mol. The van der Waals surface area contributed by atoms with Gasteiger partial charge in [0.1, 0.15) is 5.69 Å². The molecule has 2 aromatic rings. The summed E-state index contributed by atoms with van der Waals surface area (Å²) >= 11 is 1.67. The van der Waals surface area contributed by atoms with Gasteiger partial charge in [0, 0.05) is 58.3 Å². The number of piperidine rings is 1. The number of amides is 2. The largest absolute Gasteiger partial charge is 0.356 e. The Hall–Kier alpha value is -1.90. The van der Waals surface area contributed by atoms with Gasteiger partial charge in [-0.3, -0.25) is 9.59 Å². The number of hydrogen-bond donors (Lipinski definition) is 1. The van der Waals surface area contributed by atoms with E-state index in [1.54, 1.807) is 11.3 Å². The zero-order chi connectivity index (χ0) is 21.8. The minimum absolute atomic E-state index is 0.0224. The van der Waals surface area contributed by atoms with Crippen molar-refractivity contribution >= 4 is 33.4 Å². The monoisotopic (exact) mass is 445 g/mol. The van der Waals surface area contributed by atoms with Gasteiger partial charge in [0.15, 0.2) is 0 Å². The maximum Gasteiger partial charge on any atom is 0.270 e. The number of hydrogen-bond acceptors (Lipinski definition) is 5. The molecule has 0 aliphatic carbocycles. The highest BCUT2D eigenvalue weighted by atomic mass is 32.1. The highest BCUT2D eigenvalue weighted by molar-refractivity contribution is 7.17. The van der Waals surface area contributed by atoms with E-state index < -0.39 is 0 Å². The molecular formula is C23H35N5O2S. The summed E-state index contributed by atoms with van der Waals surface area (Å²) in [5, 5.41) is 5.20. The second-order valence-corrected chi connectivity index (χ2v) is 9.75. The van der Waals surface area contributed by atoms with Gasteiger partial charge in [-0.2, -0.15) is 0 Å². The molecule has 7 nitrogen and oxygen atoms in total. The second kappa shape index (κ2) is 10.1. The van der Waals surface area contributed by atoms with Gasteiger partial charge in [-0.05, 0) is 57.3 Å². The van der Waals surface area contributed by atoms with Crippen LogP contribution in [0.2, 0.25) is 0 Å². The molecule has 31 heavy (non-hydrogen) atoms. The van der Waals surface area contributed by atoms with E-state index in [-0.39, 0.29) is 17.7 Å². The van der Waals surface area contributed by atoms with Crippen molar-refractivity contribution in [1.82, 2.24) is 24.6 Å². The first-order valence-corrected chi connectivity index (χ1v) is 12.5. The lowest BCUT2D eigenvalue weighted by atomic mass is 9.95. The third kappa shape index (κ3) is 5.13. The molecule has 2 aromatic heterocycles. The summed E-state index contributed by atoms with van der Waals surface area (Å²) < 4.78 is 3.27. The quantitative estimate of drug-likeness (QED) is 0.665. The minimum atomic E-state index is 0.0224. The van der Waals surface area contributed by atoms with E-state index in [0.29, 0.717) is 13.1 Å². The Bertz CT molecular complexity index is 891. The minimum Gasteiger partial charge on any atom is -0.356 e. The molecule has 4 heterocycles. The van der Waals surface area contributed by atoms with Crippen molar-refractivity contribution in [2.24, 2.45) is 5.92 Å². The van der Waals surface area contributed by atoms with Crippen LogP contribution in [0.5, 0.6) is 0 Å². The van der Waals surface area contributed by atoms with Crippen LogP contribution in [0, 0.1) is 5.92 Å². The predicted molar refractivity (Wildman–Crippen MR) is 126 cm³/mol. The Kier molecular flexibility index (Phi) is 7.30. The number of thiophene rings is 1. The fourth-order valence-corrected chi connectivity index (χ4v) is 5.55. The van der Waals surface area contributed by atoms with Crippen LogP contribution in [-0.4, -0.2) is 90.5 Å². The Labute approximate surface area is 189 Å². The molecule has 0 bridgehead atoms. The fraction of sp³-hybridized carbons (Fsp3) is 0.652. The third-order valence-electron chi connectivity index (χ3n) is 6.76. The lowest BCUT2D eigenvalue weighted by molar-refractivity contribution is -0.126. The number of nitrogens with zero attached hydrogens (tertiary/aromatic N) is 4. The summed E-state index contributed by atoms with van der Waals surface area (Å²) in [6.45, 7) is 10.5. The average molecular weight is 446 g/mol. The molecule has 0 spiro atoms. The molecule has 8 heteroatoms. The van der Waals surface area contributed by atoms with Crippen LogP contribution in [0.3, 0.4) is 0 Å². The summed E-state index contributed by atoms with van der Waals surface area (Å²) in [5.74, 6) is 0.272. The molecule has 0 aromatic carbocycles. The van der Waals surface area contributed by atoms with E-state index in [0.717, 1.165) is 81.0 Å². The first-order chi connectivity index (χ1) is 15.1.